The van der Waals surface area contributed by atoms with E-state index in [1.54, 1.807) is 18.8 Å². The van der Waals surface area contributed by atoms with Crippen molar-refractivity contribution in [1.29, 1.82) is 0 Å². The fraction of sp³-hybridized carbons (Fsp3) is 0.533. The van der Waals surface area contributed by atoms with Crippen molar-refractivity contribution in [3.63, 3.8) is 0 Å². The molecule has 4 N–H and O–H groups in total. The lowest BCUT2D eigenvalue weighted by Gasteiger charge is -2.42. The van der Waals surface area contributed by atoms with Gasteiger partial charge in [0.2, 0.25) is 0 Å². The zero-order valence-corrected chi connectivity index (χ0v) is 25.7. The van der Waals surface area contributed by atoms with Gasteiger partial charge in [-0.1, -0.05) is 0 Å². The number of piperidine rings is 1. The number of benzene rings is 1. The van der Waals surface area contributed by atoms with Crippen molar-refractivity contribution in [1.82, 2.24) is 24.8 Å². The quantitative estimate of drug-likeness (QED) is 0.331. The molecule has 1 aromatic carbocycles. The highest BCUT2D eigenvalue weighted by molar-refractivity contribution is 7.13. The molecule has 0 bridgehead atoms. The van der Waals surface area contributed by atoms with Crippen LogP contribution in [0, 0.1) is 0 Å². The second-order valence-electron chi connectivity index (χ2n) is 11.4. The minimum Gasteiger partial charge on any atom is -0.495 e. The van der Waals surface area contributed by atoms with Crippen LogP contribution in [0.3, 0.4) is 0 Å². The van der Waals surface area contributed by atoms with Crippen LogP contribution in [0.4, 0.5) is 23.0 Å². The first-order valence-electron chi connectivity index (χ1n) is 15.1. The van der Waals surface area contributed by atoms with E-state index in [0.29, 0.717) is 30.8 Å². The predicted octanol–water partition coefficient (Wildman–Crippen LogP) is 3.26. The van der Waals surface area contributed by atoms with E-state index in [4.69, 9.17) is 25.2 Å². The average Bonchev–Trinajstić information content (AvgIpc) is 3.57. The summed E-state index contributed by atoms with van der Waals surface area (Å²) in [5.74, 6) is 0.970. The molecule has 3 fully saturated rings. The van der Waals surface area contributed by atoms with Gasteiger partial charge in [0, 0.05) is 82.5 Å². The lowest BCUT2D eigenvalue weighted by molar-refractivity contribution is 0.0904. The number of primary amides is 1. The smallest absolute Gasteiger partial charge is 0.271 e. The Morgan fingerprint density at radius 1 is 1.05 bits per heavy atom. The molecule has 0 atom stereocenters. The zero-order valence-electron chi connectivity index (χ0n) is 24.9. The molecular weight excluding hydrogens is 566 g/mol. The summed E-state index contributed by atoms with van der Waals surface area (Å²) in [5.41, 5.74) is 9.95. The molecule has 230 valence electrons. The van der Waals surface area contributed by atoms with Gasteiger partial charge in [0.1, 0.15) is 11.4 Å². The molecule has 43 heavy (non-hydrogen) atoms. The third kappa shape index (κ3) is 6.85. The van der Waals surface area contributed by atoms with Crippen LogP contribution < -0.4 is 26.0 Å². The van der Waals surface area contributed by atoms with Crippen LogP contribution in [-0.4, -0.2) is 109 Å². The van der Waals surface area contributed by atoms with Crippen molar-refractivity contribution in [3.05, 3.63) is 35.6 Å². The van der Waals surface area contributed by atoms with Crippen LogP contribution in [0.1, 0.15) is 36.2 Å². The molecule has 12 nitrogen and oxygen atoms in total. The summed E-state index contributed by atoms with van der Waals surface area (Å²) in [6.07, 6.45) is 5.71. The number of likely N-dealkylation sites (N-methyl/N-ethyl adjacent to an activating group) is 1. The first-order valence-corrected chi connectivity index (χ1v) is 15.9. The lowest BCUT2D eigenvalue weighted by atomic mass is 10.0. The number of amides is 1. The molecule has 3 aromatic rings. The van der Waals surface area contributed by atoms with Gasteiger partial charge < -0.3 is 35.6 Å². The van der Waals surface area contributed by atoms with Gasteiger partial charge in [-0.05, 0) is 44.9 Å². The van der Waals surface area contributed by atoms with Gasteiger partial charge in [0.05, 0.1) is 23.2 Å². The average molecular weight is 608 g/mol. The summed E-state index contributed by atoms with van der Waals surface area (Å²) in [6, 6.07) is 6.82. The van der Waals surface area contributed by atoms with Gasteiger partial charge in [0.15, 0.2) is 17.3 Å². The summed E-state index contributed by atoms with van der Waals surface area (Å²) < 4.78 is 11.4. The molecular formula is C30H41N9O3S. The number of hydrogen-bond donors (Lipinski definition) is 3. The van der Waals surface area contributed by atoms with Crippen molar-refractivity contribution in [3.8, 4) is 16.3 Å². The number of thiazole rings is 1. The monoisotopic (exact) mass is 607 g/mol. The Balaban J connectivity index is 1.22. The lowest BCUT2D eigenvalue weighted by Crippen LogP contribution is -2.52. The number of nitrogens with zero attached hydrogens (tertiary/aromatic N) is 6. The Kier molecular flexibility index (Phi) is 9.22. The number of nitrogens with one attached hydrogen (secondary N) is 2. The largest absolute Gasteiger partial charge is 0.495 e. The first kappa shape index (κ1) is 29.5. The number of piperazine rings is 1. The maximum atomic E-state index is 12.6. The van der Waals surface area contributed by atoms with Gasteiger partial charge in [-0.15, -0.1) is 11.3 Å². The van der Waals surface area contributed by atoms with Gasteiger partial charge in [0.25, 0.3) is 5.91 Å². The third-order valence-corrected chi connectivity index (χ3v) is 9.44. The van der Waals surface area contributed by atoms with Crippen molar-refractivity contribution < 1.29 is 14.3 Å². The van der Waals surface area contributed by atoms with Crippen molar-refractivity contribution in [2.24, 2.45) is 5.73 Å². The molecule has 0 radical (unpaired) electrons. The first-order chi connectivity index (χ1) is 21.0. The fourth-order valence-corrected chi connectivity index (χ4v) is 6.76. The highest BCUT2D eigenvalue weighted by Gasteiger charge is 2.28. The van der Waals surface area contributed by atoms with Crippen LogP contribution in [0.2, 0.25) is 0 Å². The second-order valence-corrected chi connectivity index (χ2v) is 12.3. The second kappa shape index (κ2) is 13.4. The minimum atomic E-state index is -0.662. The van der Waals surface area contributed by atoms with Crippen LogP contribution >= 0.6 is 11.3 Å². The predicted molar refractivity (Wildman–Crippen MR) is 170 cm³/mol. The van der Waals surface area contributed by atoms with Crippen LogP contribution in [-0.2, 0) is 4.74 Å². The van der Waals surface area contributed by atoms with Gasteiger partial charge >= 0.3 is 0 Å². The van der Waals surface area contributed by atoms with E-state index in [9.17, 15) is 4.79 Å². The number of ether oxygens (including phenoxy) is 2. The van der Waals surface area contributed by atoms with Gasteiger partial charge in [-0.3, -0.25) is 14.7 Å². The van der Waals surface area contributed by atoms with E-state index >= 15 is 0 Å². The van der Waals surface area contributed by atoms with E-state index in [1.807, 2.05) is 12.1 Å². The third-order valence-electron chi connectivity index (χ3n) is 8.66. The number of carbonyl (C=O) groups is 1. The molecule has 3 saturated heterocycles. The van der Waals surface area contributed by atoms with Crippen LogP contribution in [0.15, 0.2) is 29.9 Å². The molecule has 3 aliphatic heterocycles. The standard InChI is InChI=1S/C30H41N9O3S/c1-37-11-13-38(14-12-37)22-5-9-39(10-6-22)23-4-3-21(17-24(23)41-2)34-30-27(28(31)40)35-26(25-18-32-19-43-25)29(36-30)33-20-7-15-42-16-8-20/h3-4,17-20,22H,5-16H2,1-2H3,(H2,31,40)(H2,33,34,36). The highest BCUT2D eigenvalue weighted by atomic mass is 32.1. The summed E-state index contributed by atoms with van der Waals surface area (Å²) in [4.78, 5) is 34.6. The number of methoxy groups -OCH3 is 1. The topological polar surface area (TPSA) is 134 Å². The van der Waals surface area contributed by atoms with Crippen molar-refractivity contribution in [2.45, 2.75) is 37.8 Å². The van der Waals surface area contributed by atoms with E-state index in [1.165, 1.54) is 11.3 Å². The number of carbonyl (C=O) groups excluding carboxylic acids is 1. The molecule has 0 unspecified atom stereocenters. The summed E-state index contributed by atoms with van der Waals surface area (Å²) in [5, 5.41) is 6.83. The molecule has 3 aliphatic rings. The summed E-state index contributed by atoms with van der Waals surface area (Å²) in [7, 11) is 3.89. The molecule has 5 heterocycles. The molecule has 0 saturated carbocycles. The fourth-order valence-electron chi connectivity index (χ4n) is 6.15. The van der Waals surface area contributed by atoms with Gasteiger partial charge in [-0.25, -0.2) is 9.97 Å². The Morgan fingerprint density at radius 3 is 2.49 bits per heavy atom. The SMILES string of the molecule is COc1cc(Nc2nc(NC3CCOCC3)c(-c3cncs3)nc2C(N)=O)ccc1N1CCC(N2CCN(C)CC2)CC1. The van der Waals surface area contributed by atoms with Crippen LogP contribution in [0.5, 0.6) is 5.75 Å². The Morgan fingerprint density at radius 2 is 1.81 bits per heavy atom. The molecule has 0 aliphatic carbocycles. The molecule has 6 rings (SSSR count). The van der Waals surface area contributed by atoms with Crippen molar-refractivity contribution >= 4 is 40.3 Å². The Bertz CT molecular complexity index is 1380. The molecule has 1 amide bonds. The molecule has 2 aromatic heterocycles. The molecule has 0 spiro atoms. The van der Waals surface area contributed by atoms with E-state index in [0.717, 1.165) is 87.0 Å². The number of nitrogens with two attached hydrogens (primary N) is 1. The zero-order chi connectivity index (χ0) is 29.8. The summed E-state index contributed by atoms with van der Waals surface area (Å²) in [6.45, 7) is 7.93. The maximum absolute atomic E-state index is 12.6. The van der Waals surface area contributed by atoms with E-state index in [-0.39, 0.29) is 17.6 Å². The number of hydrogen-bond acceptors (Lipinski definition) is 12. The number of anilines is 4. The Hall–Kier alpha value is -3.52. The minimum absolute atomic E-state index is 0.0648. The van der Waals surface area contributed by atoms with E-state index in [2.05, 4.69) is 43.4 Å². The van der Waals surface area contributed by atoms with E-state index < -0.39 is 5.91 Å². The highest BCUT2D eigenvalue weighted by Crippen LogP contribution is 2.36. The molecule has 13 heteroatoms. The number of aromatic nitrogens is 3. The normalized spacial score (nSPS) is 19.3. The van der Waals surface area contributed by atoms with Crippen LogP contribution in [0.25, 0.3) is 10.6 Å². The number of rotatable bonds is 9. The van der Waals surface area contributed by atoms with Gasteiger partial charge in [-0.2, -0.15) is 0 Å². The Labute approximate surface area is 256 Å². The summed E-state index contributed by atoms with van der Waals surface area (Å²) >= 11 is 1.43. The van der Waals surface area contributed by atoms with Crippen molar-refractivity contribution in [2.75, 3.05) is 82.2 Å². The maximum Gasteiger partial charge on any atom is 0.271 e.